The SMILES string of the molecule is CON(C)S(=O)(=O)c1cc(C(=O)NCCCCN2CCC(C)CC2)ccc1Cl. The first-order valence-electron chi connectivity index (χ1n) is 9.59. The van der Waals surface area contributed by atoms with E-state index in [0.29, 0.717) is 11.0 Å². The summed E-state index contributed by atoms with van der Waals surface area (Å²) in [7, 11) is -1.42. The van der Waals surface area contributed by atoms with Crippen LogP contribution in [0.25, 0.3) is 0 Å². The molecule has 0 atom stereocenters. The second kappa shape index (κ2) is 10.5. The molecule has 0 radical (unpaired) electrons. The van der Waals surface area contributed by atoms with Crippen LogP contribution < -0.4 is 5.32 Å². The number of likely N-dealkylation sites (tertiary alicyclic amines) is 1. The lowest BCUT2D eigenvalue weighted by Gasteiger charge is -2.30. The van der Waals surface area contributed by atoms with Gasteiger partial charge in [-0.3, -0.25) is 9.63 Å². The highest BCUT2D eigenvalue weighted by Gasteiger charge is 2.25. The zero-order chi connectivity index (χ0) is 20.7. The fourth-order valence-corrected chi connectivity index (χ4v) is 4.60. The lowest BCUT2D eigenvalue weighted by molar-refractivity contribution is -0.0258. The Morgan fingerprint density at radius 1 is 1.32 bits per heavy atom. The Hall–Kier alpha value is -1.19. The number of unbranched alkanes of at least 4 members (excludes halogenated alkanes) is 1. The zero-order valence-electron chi connectivity index (χ0n) is 16.8. The lowest BCUT2D eigenvalue weighted by atomic mass is 9.99. The molecule has 1 fully saturated rings. The van der Waals surface area contributed by atoms with Crippen molar-refractivity contribution in [3.05, 3.63) is 28.8 Å². The van der Waals surface area contributed by atoms with E-state index in [2.05, 4.69) is 17.1 Å². The van der Waals surface area contributed by atoms with Crippen molar-refractivity contribution in [1.82, 2.24) is 14.7 Å². The molecule has 0 spiro atoms. The van der Waals surface area contributed by atoms with Gasteiger partial charge in [-0.15, -0.1) is 0 Å². The molecule has 1 saturated heterocycles. The summed E-state index contributed by atoms with van der Waals surface area (Å²) in [6, 6.07) is 4.19. The van der Waals surface area contributed by atoms with Crippen LogP contribution in [0, 0.1) is 5.92 Å². The molecule has 0 unspecified atom stereocenters. The third-order valence-electron chi connectivity index (χ3n) is 5.13. The maximum atomic E-state index is 12.4. The van der Waals surface area contributed by atoms with E-state index < -0.39 is 10.0 Å². The molecule has 28 heavy (non-hydrogen) atoms. The van der Waals surface area contributed by atoms with E-state index in [1.54, 1.807) is 0 Å². The van der Waals surface area contributed by atoms with Crippen LogP contribution in [0.5, 0.6) is 0 Å². The fraction of sp³-hybridized carbons (Fsp3) is 0.632. The number of halogens is 1. The minimum absolute atomic E-state index is 0.0382. The number of nitrogens with zero attached hydrogens (tertiary/aromatic N) is 2. The third kappa shape index (κ3) is 6.15. The molecule has 1 aromatic carbocycles. The first-order valence-corrected chi connectivity index (χ1v) is 11.4. The zero-order valence-corrected chi connectivity index (χ0v) is 18.4. The molecule has 1 N–H and O–H groups in total. The van der Waals surface area contributed by atoms with Gasteiger partial charge in [0, 0.05) is 19.2 Å². The van der Waals surface area contributed by atoms with Crippen LogP contribution in [0.4, 0.5) is 0 Å². The summed E-state index contributed by atoms with van der Waals surface area (Å²) < 4.78 is 25.5. The van der Waals surface area contributed by atoms with Crippen molar-refractivity contribution < 1.29 is 18.0 Å². The molecule has 7 nitrogen and oxygen atoms in total. The molecule has 0 bridgehead atoms. The standard InChI is InChI=1S/C19H30ClN3O4S/c1-15-8-12-23(13-9-15)11-5-4-10-21-19(24)16-6-7-17(20)18(14-16)28(25,26)22(2)27-3/h6-7,14-15H,4-5,8-13H2,1-3H3,(H,21,24). The van der Waals surface area contributed by atoms with Crippen LogP contribution in [0.15, 0.2) is 23.1 Å². The van der Waals surface area contributed by atoms with Gasteiger partial charge in [0.05, 0.1) is 12.1 Å². The van der Waals surface area contributed by atoms with Crippen LogP contribution in [-0.2, 0) is 14.9 Å². The molecule has 2 rings (SSSR count). The minimum atomic E-state index is -3.93. The number of sulfonamides is 1. The monoisotopic (exact) mass is 431 g/mol. The Balaban J connectivity index is 1.85. The molecule has 1 amide bonds. The second-order valence-electron chi connectivity index (χ2n) is 7.23. The summed E-state index contributed by atoms with van der Waals surface area (Å²) in [5.41, 5.74) is 0.248. The Morgan fingerprint density at radius 2 is 2.00 bits per heavy atom. The van der Waals surface area contributed by atoms with Gasteiger partial charge in [-0.1, -0.05) is 23.0 Å². The number of hydrogen-bond acceptors (Lipinski definition) is 5. The third-order valence-corrected chi connectivity index (χ3v) is 7.29. The Kier molecular flexibility index (Phi) is 8.70. The first kappa shape index (κ1) is 23.1. The van der Waals surface area contributed by atoms with E-state index in [1.807, 2.05) is 0 Å². The number of rotatable bonds is 9. The van der Waals surface area contributed by atoms with Crippen molar-refractivity contribution in [2.75, 3.05) is 40.3 Å². The Morgan fingerprint density at radius 3 is 2.64 bits per heavy atom. The van der Waals surface area contributed by atoms with Crippen molar-refractivity contribution >= 4 is 27.5 Å². The van der Waals surface area contributed by atoms with Crippen LogP contribution in [-0.4, -0.2) is 64.0 Å². The van der Waals surface area contributed by atoms with Crippen LogP contribution >= 0.6 is 11.6 Å². The maximum Gasteiger partial charge on any atom is 0.266 e. The topological polar surface area (TPSA) is 78.9 Å². The summed E-state index contributed by atoms with van der Waals surface area (Å²) in [6.07, 6.45) is 4.42. The van der Waals surface area contributed by atoms with Gasteiger partial charge in [-0.2, -0.15) is 0 Å². The van der Waals surface area contributed by atoms with Crippen molar-refractivity contribution in [3.8, 4) is 0 Å². The molecule has 0 aromatic heterocycles. The van der Waals surface area contributed by atoms with Crippen LogP contribution in [0.2, 0.25) is 5.02 Å². The van der Waals surface area contributed by atoms with Gasteiger partial charge in [0.25, 0.3) is 15.9 Å². The molecule has 1 heterocycles. The molecular formula is C19H30ClN3O4S. The molecule has 9 heteroatoms. The molecule has 1 aliphatic rings. The number of hydroxylamine groups is 1. The highest BCUT2D eigenvalue weighted by molar-refractivity contribution is 7.89. The number of benzene rings is 1. The summed E-state index contributed by atoms with van der Waals surface area (Å²) in [5.74, 6) is 0.507. The highest BCUT2D eigenvalue weighted by atomic mass is 35.5. The van der Waals surface area contributed by atoms with Gasteiger partial charge in [0.1, 0.15) is 4.90 Å². The van der Waals surface area contributed by atoms with Gasteiger partial charge in [-0.25, -0.2) is 8.42 Å². The van der Waals surface area contributed by atoms with Crippen molar-refractivity contribution in [2.45, 2.75) is 37.5 Å². The summed E-state index contributed by atoms with van der Waals surface area (Å²) in [4.78, 5) is 19.4. The van der Waals surface area contributed by atoms with E-state index >= 15 is 0 Å². The van der Waals surface area contributed by atoms with Crippen molar-refractivity contribution in [3.63, 3.8) is 0 Å². The Labute approximate surface area is 173 Å². The number of nitrogens with one attached hydrogen (secondary N) is 1. The quantitative estimate of drug-likeness (QED) is 0.480. The van der Waals surface area contributed by atoms with Gasteiger partial charge in [0.15, 0.2) is 0 Å². The van der Waals surface area contributed by atoms with E-state index in [4.69, 9.17) is 16.4 Å². The summed E-state index contributed by atoms with van der Waals surface area (Å²) >= 11 is 6.02. The van der Waals surface area contributed by atoms with Gasteiger partial charge >= 0.3 is 0 Å². The number of carbonyl (C=O) groups excluding carboxylic acids is 1. The average molecular weight is 432 g/mol. The van der Waals surface area contributed by atoms with Crippen LogP contribution in [0.3, 0.4) is 0 Å². The number of hydrogen-bond donors (Lipinski definition) is 1. The highest BCUT2D eigenvalue weighted by Crippen LogP contribution is 2.25. The summed E-state index contributed by atoms with van der Waals surface area (Å²) in [5, 5.41) is 2.88. The Bertz CT molecular complexity index is 764. The molecule has 0 saturated carbocycles. The molecule has 1 aromatic rings. The van der Waals surface area contributed by atoms with E-state index in [-0.39, 0.29) is 21.4 Å². The second-order valence-corrected chi connectivity index (χ2v) is 9.54. The van der Waals surface area contributed by atoms with Crippen molar-refractivity contribution in [2.24, 2.45) is 5.92 Å². The maximum absolute atomic E-state index is 12.4. The van der Waals surface area contributed by atoms with Gasteiger partial charge in [0.2, 0.25) is 0 Å². The van der Waals surface area contributed by atoms with E-state index in [1.165, 1.54) is 45.2 Å². The molecule has 158 valence electrons. The smallest absolute Gasteiger partial charge is 0.266 e. The molecule has 1 aliphatic heterocycles. The van der Waals surface area contributed by atoms with Gasteiger partial charge in [-0.05, 0) is 69.4 Å². The number of amides is 1. The fourth-order valence-electron chi connectivity index (χ4n) is 3.13. The number of piperidine rings is 1. The normalized spacial score (nSPS) is 16.5. The largest absolute Gasteiger partial charge is 0.352 e. The minimum Gasteiger partial charge on any atom is -0.352 e. The summed E-state index contributed by atoms with van der Waals surface area (Å²) in [6.45, 7) is 6.21. The van der Waals surface area contributed by atoms with Crippen molar-refractivity contribution in [1.29, 1.82) is 0 Å². The van der Waals surface area contributed by atoms with Gasteiger partial charge < -0.3 is 10.2 Å². The average Bonchev–Trinajstić information content (AvgIpc) is 2.68. The predicted octanol–water partition coefficient (Wildman–Crippen LogP) is 2.76. The number of carbonyl (C=O) groups is 1. The van der Waals surface area contributed by atoms with E-state index in [9.17, 15) is 13.2 Å². The molecular weight excluding hydrogens is 402 g/mol. The first-order chi connectivity index (χ1) is 13.3. The molecule has 0 aliphatic carbocycles. The predicted molar refractivity (Wildman–Crippen MR) is 110 cm³/mol. The lowest BCUT2D eigenvalue weighted by Crippen LogP contribution is -2.34. The van der Waals surface area contributed by atoms with Crippen LogP contribution in [0.1, 0.15) is 43.0 Å². The van der Waals surface area contributed by atoms with E-state index in [0.717, 1.165) is 38.4 Å².